The standard InChI is InChI=1S/C8H6Br4O/c1-3-4(9)5(10)6(11)7(12)8(3)13-2/h1-2H3. The van der Waals surface area contributed by atoms with E-state index in [2.05, 4.69) is 63.7 Å². The zero-order valence-electron chi connectivity index (χ0n) is 6.92. The molecule has 0 amide bonds. The average molecular weight is 438 g/mol. The second-order valence-corrected chi connectivity index (χ2v) is 5.59. The van der Waals surface area contributed by atoms with Gasteiger partial charge in [-0.05, 0) is 70.6 Å². The van der Waals surface area contributed by atoms with Crippen LogP contribution in [0.1, 0.15) is 5.56 Å². The Morgan fingerprint density at radius 2 is 1.31 bits per heavy atom. The van der Waals surface area contributed by atoms with E-state index in [0.29, 0.717) is 0 Å². The lowest BCUT2D eigenvalue weighted by Gasteiger charge is -2.12. The molecule has 1 nitrogen and oxygen atoms in total. The molecule has 72 valence electrons. The zero-order chi connectivity index (χ0) is 10.2. The van der Waals surface area contributed by atoms with Crippen LogP contribution >= 0.6 is 63.7 Å². The Bertz CT molecular complexity index is 319. The predicted octanol–water partition coefficient (Wildman–Crippen LogP) is 5.05. The van der Waals surface area contributed by atoms with Gasteiger partial charge in [-0.1, -0.05) is 0 Å². The Labute approximate surface area is 111 Å². The summed E-state index contributed by atoms with van der Waals surface area (Å²) in [6.45, 7) is 1.99. The molecule has 0 atom stereocenters. The molecule has 0 aliphatic rings. The van der Waals surface area contributed by atoms with Crippen LogP contribution in [0.25, 0.3) is 0 Å². The average Bonchev–Trinajstić information content (AvgIpc) is 2.13. The lowest BCUT2D eigenvalue weighted by molar-refractivity contribution is 0.408. The van der Waals surface area contributed by atoms with Crippen molar-refractivity contribution in [2.45, 2.75) is 6.92 Å². The van der Waals surface area contributed by atoms with Gasteiger partial charge in [0, 0.05) is 14.5 Å². The molecule has 0 bridgehead atoms. The van der Waals surface area contributed by atoms with Crippen LogP contribution < -0.4 is 4.74 Å². The maximum absolute atomic E-state index is 5.26. The Morgan fingerprint density at radius 3 is 1.77 bits per heavy atom. The van der Waals surface area contributed by atoms with E-state index in [9.17, 15) is 0 Å². The topological polar surface area (TPSA) is 9.23 Å². The van der Waals surface area contributed by atoms with Crippen LogP contribution in [0.4, 0.5) is 0 Å². The van der Waals surface area contributed by atoms with Gasteiger partial charge in [-0.2, -0.15) is 0 Å². The molecule has 0 radical (unpaired) electrons. The van der Waals surface area contributed by atoms with Gasteiger partial charge in [0.2, 0.25) is 0 Å². The van der Waals surface area contributed by atoms with E-state index in [1.54, 1.807) is 7.11 Å². The summed E-state index contributed by atoms with van der Waals surface area (Å²) in [5.41, 5.74) is 1.06. The van der Waals surface area contributed by atoms with Gasteiger partial charge in [0.1, 0.15) is 5.75 Å². The maximum atomic E-state index is 5.26. The summed E-state index contributed by atoms with van der Waals surface area (Å²) in [5, 5.41) is 0. The van der Waals surface area contributed by atoms with Crippen molar-refractivity contribution in [3.63, 3.8) is 0 Å². The minimum atomic E-state index is 0.835. The van der Waals surface area contributed by atoms with Crippen LogP contribution in [0, 0.1) is 6.92 Å². The molecular weight excluding hydrogens is 432 g/mol. The molecule has 0 fully saturated rings. The zero-order valence-corrected chi connectivity index (χ0v) is 13.3. The molecule has 0 N–H and O–H groups in total. The highest BCUT2D eigenvalue weighted by Gasteiger charge is 2.16. The number of ether oxygens (including phenoxy) is 1. The number of hydrogen-bond donors (Lipinski definition) is 0. The molecule has 13 heavy (non-hydrogen) atoms. The smallest absolute Gasteiger partial charge is 0.138 e. The molecular formula is C8H6Br4O. The molecule has 1 aromatic rings. The van der Waals surface area contributed by atoms with Crippen molar-refractivity contribution in [3.8, 4) is 5.75 Å². The summed E-state index contributed by atoms with van der Waals surface area (Å²) >= 11 is 13.8. The van der Waals surface area contributed by atoms with Crippen molar-refractivity contribution in [3.05, 3.63) is 23.5 Å². The van der Waals surface area contributed by atoms with E-state index in [0.717, 1.165) is 29.2 Å². The van der Waals surface area contributed by atoms with Crippen molar-refractivity contribution >= 4 is 63.7 Å². The third kappa shape index (κ3) is 2.13. The Balaban J connectivity index is 3.56. The molecule has 0 aliphatic carbocycles. The monoisotopic (exact) mass is 434 g/mol. The van der Waals surface area contributed by atoms with Crippen LogP contribution in [0.5, 0.6) is 5.75 Å². The van der Waals surface area contributed by atoms with Gasteiger partial charge < -0.3 is 4.74 Å². The molecule has 0 saturated heterocycles. The van der Waals surface area contributed by atoms with Crippen molar-refractivity contribution in [2.75, 3.05) is 7.11 Å². The third-order valence-electron chi connectivity index (χ3n) is 1.65. The Kier molecular flexibility index (Phi) is 4.29. The first-order chi connectivity index (χ1) is 6.00. The number of methoxy groups -OCH3 is 1. The van der Waals surface area contributed by atoms with E-state index in [1.807, 2.05) is 6.92 Å². The van der Waals surface area contributed by atoms with E-state index >= 15 is 0 Å². The van der Waals surface area contributed by atoms with Crippen LogP contribution in [0.2, 0.25) is 0 Å². The largest absolute Gasteiger partial charge is 0.495 e. The third-order valence-corrected chi connectivity index (χ3v) is 6.58. The first-order valence-electron chi connectivity index (χ1n) is 3.37. The highest BCUT2D eigenvalue weighted by molar-refractivity contribution is 9.15. The van der Waals surface area contributed by atoms with Gasteiger partial charge in [-0.25, -0.2) is 0 Å². The fourth-order valence-corrected chi connectivity index (χ4v) is 3.41. The van der Waals surface area contributed by atoms with Gasteiger partial charge in [0.15, 0.2) is 0 Å². The lowest BCUT2D eigenvalue weighted by Crippen LogP contribution is -1.92. The van der Waals surface area contributed by atoms with Gasteiger partial charge >= 0.3 is 0 Å². The Morgan fingerprint density at radius 1 is 0.846 bits per heavy atom. The summed E-state index contributed by atoms with van der Waals surface area (Å²) in [5.74, 6) is 0.835. The van der Waals surface area contributed by atoms with E-state index in [1.165, 1.54) is 0 Å². The highest BCUT2D eigenvalue weighted by atomic mass is 79.9. The summed E-state index contributed by atoms with van der Waals surface area (Å²) in [4.78, 5) is 0. The summed E-state index contributed by atoms with van der Waals surface area (Å²) in [6, 6.07) is 0. The minimum Gasteiger partial charge on any atom is -0.495 e. The van der Waals surface area contributed by atoms with Crippen LogP contribution in [0.15, 0.2) is 17.9 Å². The quantitative estimate of drug-likeness (QED) is 0.441. The summed E-state index contributed by atoms with van der Waals surface area (Å²) < 4.78 is 9.11. The molecule has 0 heterocycles. The second kappa shape index (κ2) is 4.64. The van der Waals surface area contributed by atoms with Gasteiger partial charge in [-0.15, -0.1) is 0 Å². The van der Waals surface area contributed by atoms with Crippen molar-refractivity contribution in [1.82, 2.24) is 0 Å². The first-order valence-corrected chi connectivity index (χ1v) is 6.54. The number of benzene rings is 1. The van der Waals surface area contributed by atoms with Gasteiger partial charge in [-0.3, -0.25) is 0 Å². The van der Waals surface area contributed by atoms with Crippen molar-refractivity contribution in [1.29, 1.82) is 0 Å². The molecule has 0 aromatic heterocycles. The second-order valence-electron chi connectivity index (χ2n) is 2.41. The summed E-state index contributed by atoms with van der Waals surface area (Å²) in [7, 11) is 1.65. The fourth-order valence-electron chi connectivity index (χ4n) is 0.964. The molecule has 0 unspecified atom stereocenters. The van der Waals surface area contributed by atoms with Crippen molar-refractivity contribution in [2.24, 2.45) is 0 Å². The van der Waals surface area contributed by atoms with E-state index in [-0.39, 0.29) is 0 Å². The van der Waals surface area contributed by atoms with Gasteiger partial charge in [0.05, 0.1) is 16.1 Å². The highest BCUT2D eigenvalue weighted by Crippen LogP contribution is 2.45. The normalized spacial score (nSPS) is 10.3. The number of rotatable bonds is 1. The molecule has 0 aliphatic heterocycles. The first kappa shape index (κ1) is 12.0. The Hall–Kier alpha value is 0.940. The lowest BCUT2D eigenvalue weighted by atomic mass is 10.2. The molecule has 5 heteroatoms. The maximum Gasteiger partial charge on any atom is 0.138 e. The van der Waals surface area contributed by atoms with Crippen LogP contribution in [-0.2, 0) is 0 Å². The van der Waals surface area contributed by atoms with E-state index in [4.69, 9.17) is 4.74 Å². The van der Waals surface area contributed by atoms with Crippen LogP contribution in [-0.4, -0.2) is 7.11 Å². The van der Waals surface area contributed by atoms with E-state index < -0.39 is 0 Å². The molecule has 0 spiro atoms. The van der Waals surface area contributed by atoms with Crippen molar-refractivity contribution < 1.29 is 4.74 Å². The number of halogens is 4. The molecule has 0 saturated carbocycles. The molecule has 1 aromatic carbocycles. The van der Waals surface area contributed by atoms with Gasteiger partial charge in [0.25, 0.3) is 0 Å². The molecule has 1 rings (SSSR count). The van der Waals surface area contributed by atoms with Crippen LogP contribution in [0.3, 0.4) is 0 Å². The number of hydrogen-bond acceptors (Lipinski definition) is 1. The SMILES string of the molecule is COc1c(C)c(Br)c(Br)c(Br)c1Br. The minimum absolute atomic E-state index is 0.835. The summed E-state index contributed by atoms with van der Waals surface area (Å²) in [6.07, 6.45) is 0. The fraction of sp³-hybridized carbons (Fsp3) is 0.250. The predicted molar refractivity (Wildman–Crippen MR) is 68.5 cm³/mol.